The molecular weight excluding hydrogens is 606 g/mol. The third-order valence-electron chi connectivity index (χ3n) is 8.56. The Balaban J connectivity index is 1.07. The van der Waals surface area contributed by atoms with Gasteiger partial charge in [0, 0.05) is 5.56 Å². The monoisotopic (exact) mass is 637 g/mol. The molecule has 3 atom stereocenters. The van der Waals surface area contributed by atoms with Crippen molar-refractivity contribution in [2.75, 3.05) is 11.5 Å². The van der Waals surface area contributed by atoms with Crippen LogP contribution in [0, 0.1) is 18.8 Å². The minimum absolute atomic E-state index is 0.00255. The summed E-state index contributed by atoms with van der Waals surface area (Å²) in [5, 5.41) is 0. The maximum Gasteiger partial charge on any atom is 0.339 e. The number of ether oxygens (including phenoxy) is 1. The number of imide groups is 1. The van der Waals surface area contributed by atoms with E-state index in [0.29, 0.717) is 12.8 Å². The largest absolute Gasteiger partial charge is 0.454 e. The molecular formula is C36H31NO8S. The summed E-state index contributed by atoms with van der Waals surface area (Å²) in [6, 6.07) is 27.7. The van der Waals surface area contributed by atoms with Crippen molar-refractivity contribution in [2.45, 2.75) is 37.0 Å². The smallest absolute Gasteiger partial charge is 0.339 e. The number of carbonyl (C=O) groups excluding carboxylic acids is 4. The van der Waals surface area contributed by atoms with Crippen LogP contribution in [0.15, 0.2) is 108 Å². The van der Waals surface area contributed by atoms with Crippen LogP contribution >= 0.6 is 0 Å². The third-order valence-corrected chi connectivity index (χ3v) is 9.82. The van der Waals surface area contributed by atoms with Crippen LogP contribution in [0.1, 0.15) is 57.0 Å². The minimum Gasteiger partial charge on any atom is -0.454 e. The first-order chi connectivity index (χ1) is 22.1. The third kappa shape index (κ3) is 6.34. The number of fused-ring (bicyclic) bond motifs is 1. The van der Waals surface area contributed by atoms with Crippen molar-refractivity contribution in [1.82, 2.24) is 0 Å². The lowest BCUT2D eigenvalue weighted by atomic mass is 9.73. The van der Waals surface area contributed by atoms with Crippen LogP contribution in [0.4, 0.5) is 5.69 Å². The molecule has 2 aliphatic rings. The number of hydrogen-bond acceptors (Lipinski definition) is 8. The highest BCUT2D eigenvalue weighted by molar-refractivity contribution is 7.87. The second-order valence-electron chi connectivity index (χ2n) is 11.6. The van der Waals surface area contributed by atoms with Crippen LogP contribution in [0.2, 0.25) is 0 Å². The molecule has 6 rings (SSSR count). The molecule has 46 heavy (non-hydrogen) atoms. The molecule has 9 nitrogen and oxygen atoms in total. The molecule has 0 N–H and O–H groups in total. The van der Waals surface area contributed by atoms with Gasteiger partial charge in [0.1, 0.15) is 10.6 Å². The molecule has 0 radical (unpaired) electrons. The molecule has 1 saturated heterocycles. The Kier molecular flexibility index (Phi) is 8.55. The molecule has 0 aromatic heterocycles. The lowest BCUT2D eigenvalue weighted by Crippen LogP contribution is -2.31. The van der Waals surface area contributed by atoms with Gasteiger partial charge < -0.3 is 8.92 Å². The van der Waals surface area contributed by atoms with E-state index in [0.717, 1.165) is 17.5 Å². The van der Waals surface area contributed by atoms with Crippen LogP contribution in [0.5, 0.6) is 5.75 Å². The number of nitrogens with zero attached hydrogens (tertiary/aromatic N) is 1. The Morgan fingerprint density at radius 2 is 1.48 bits per heavy atom. The number of esters is 1. The molecule has 0 bridgehead atoms. The first-order valence-electron chi connectivity index (χ1n) is 14.9. The number of benzene rings is 4. The summed E-state index contributed by atoms with van der Waals surface area (Å²) in [7, 11) is -4.05. The lowest BCUT2D eigenvalue weighted by Gasteiger charge is -2.28. The summed E-state index contributed by atoms with van der Waals surface area (Å²) in [5.74, 6) is -2.42. The number of carbonyl (C=O) groups is 4. The Labute approximate surface area is 266 Å². The van der Waals surface area contributed by atoms with E-state index in [4.69, 9.17) is 8.92 Å². The van der Waals surface area contributed by atoms with Gasteiger partial charge >= 0.3 is 16.1 Å². The second kappa shape index (κ2) is 12.7. The first kappa shape index (κ1) is 30.9. The molecule has 4 aromatic carbocycles. The molecule has 1 aliphatic heterocycles. The number of aryl methyl sites for hydroxylation is 1. The topological polar surface area (TPSA) is 124 Å². The van der Waals surface area contributed by atoms with Crippen molar-refractivity contribution in [3.8, 4) is 5.75 Å². The van der Waals surface area contributed by atoms with Crippen molar-refractivity contribution < 1.29 is 36.5 Å². The van der Waals surface area contributed by atoms with Gasteiger partial charge in [-0.05, 0) is 92.3 Å². The fourth-order valence-corrected chi connectivity index (χ4v) is 7.04. The van der Waals surface area contributed by atoms with Crippen LogP contribution < -0.4 is 9.08 Å². The number of amides is 2. The van der Waals surface area contributed by atoms with Crippen LogP contribution in [-0.4, -0.2) is 38.6 Å². The average Bonchev–Trinajstić information content (AvgIpc) is 3.32. The summed E-state index contributed by atoms with van der Waals surface area (Å²) in [6.07, 6.45) is 2.03. The summed E-state index contributed by atoms with van der Waals surface area (Å²) < 4.78 is 35.5. The fraction of sp³-hybridized carbons (Fsp3) is 0.222. The zero-order valence-electron chi connectivity index (χ0n) is 25.0. The Bertz CT molecular complexity index is 1900. The molecule has 0 spiro atoms. The predicted molar refractivity (Wildman–Crippen MR) is 169 cm³/mol. The summed E-state index contributed by atoms with van der Waals surface area (Å²) in [4.78, 5) is 53.6. The quantitative estimate of drug-likeness (QED) is 0.0966. The van der Waals surface area contributed by atoms with Crippen molar-refractivity contribution >= 4 is 39.4 Å². The second-order valence-corrected chi connectivity index (χ2v) is 13.1. The van der Waals surface area contributed by atoms with Gasteiger partial charge in [-0.25, -0.2) is 4.79 Å². The van der Waals surface area contributed by atoms with Gasteiger partial charge in [0.05, 0.1) is 23.1 Å². The van der Waals surface area contributed by atoms with Crippen LogP contribution in [-0.2, 0) is 24.4 Å². The van der Waals surface area contributed by atoms with Gasteiger partial charge in [-0.2, -0.15) is 8.42 Å². The molecule has 0 unspecified atom stereocenters. The molecule has 10 heteroatoms. The Morgan fingerprint density at radius 1 is 0.783 bits per heavy atom. The van der Waals surface area contributed by atoms with Crippen molar-refractivity contribution in [3.63, 3.8) is 0 Å². The maximum absolute atomic E-state index is 13.5. The zero-order chi connectivity index (χ0) is 32.4. The van der Waals surface area contributed by atoms with Gasteiger partial charge in [-0.3, -0.25) is 19.3 Å². The highest BCUT2D eigenvalue weighted by Crippen LogP contribution is 2.45. The van der Waals surface area contributed by atoms with Gasteiger partial charge in [0.2, 0.25) is 11.8 Å². The normalized spacial score (nSPS) is 19.4. The van der Waals surface area contributed by atoms with E-state index in [1.165, 1.54) is 53.4 Å². The molecule has 1 aliphatic carbocycles. The van der Waals surface area contributed by atoms with Crippen LogP contribution in [0.25, 0.3) is 0 Å². The van der Waals surface area contributed by atoms with Crippen molar-refractivity contribution in [2.24, 2.45) is 11.8 Å². The number of rotatable bonds is 9. The maximum atomic E-state index is 13.5. The highest BCUT2D eigenvalue weighted by Gasteiger charge is 2.50. The zero-order valence-corrected chi connectivity index (χ0v) is 25.8. The predicted octanol–water partition coefficient (Wildman–Crippen LogP) is 5.88. The lowest BCUT2D eigenvalue weighted by molar-refractivity contribution is -0.122. The molecule has 4 aromatic rings. The first-order valence-corrected chi connectivity index (χ1v) is 16.4. The molecule has 2 fully saturated rings. The highest BCUT2D eigenvalue weighted by atomic mass is 32.2. The van der Waals surface area contributed by atoms with E-state index < -0.39 is 34.4 Å². The number of ketones is 1. The van der Waals surface area contributed by atoms with E-state index >= 15 is 0 Å². The van der Waals surface area contributed by atoms with E-state index in [1.54, 1.807) is 24.3 Å². The molecule has 2 amide bonds. The number of anilines is 1. The van der Waals surface area contributed by atoms with Crippen molar-refractivity contribution in [1.29, 1.82) is 0 Å². The summed E-state index contributed by atoms with van der Waals surface area (Å²) >= 11 is 0. The number of Topliss-reactive ketones (excluding diaryl/α,β-unsaturated/α-hetero) is 1. The summed E-state index contributed by atoms with van der Waals surface area (Å²) in [6.45, 7) is 1.27. The molecule has 1 saturated carbocycles. The van der Waals surface area contributed by atoms with Gasteiger partial charge in [0.25, 0.3) is 0 Å². The van der Waals surface area contributed by atoms with E-state index in [2.05, 4.69) is 0 Å². The average molecular weight is 638 g/mol. The van der Waals surface area contributed by atoms with Crippen LogP contribution in [0.3, 0.4) is 0 Å². The Morgan fingerprint density at radius 3 is 2.20 bits per heavy atom. The number of hydrogen-bond donors (Lipinski definition) is 0. The van der Waals surface area contributed by atoms with Gasteiger partial charge in [-0.15, -0.1) is 0 Å². The molecule has 1 heterocycles. The standard InChI is InChI=1S/C36H31NO8S/c1-23-10-17-30(18-11-23)46(42,43)45-29-15-12-25(13-16-29)33(38)22-44-36(41)27-8-5-9-28(20-27)37-34(39)31-19-14-26(21-32(31)35(37)40)24-6-3-2-4-7-24/h2-13,15-18,20,26,31-32H,14,19,21-22H2,1H3/t26-,31+,32+/m1/s1. The van der Waals surface area contributed by atoms with E-state index in [-0.39, 0.29) is 51.1 Å². The summed E-state index contributed by atoms with van der Waals surface area (Å²) in [5.41, 5.74) is 2.63. The Hall–Kier alpha value is -5.09. The van der Waals surface area contributed by atoms with Gasteiger partial charge in [0.15, 0.2) is 12.4 Å². The van der Waals surface area contributed by atoms with E-state index in [1.807, 2.05) is 37.3 Å². The fourth-order valence-electron chi connectivity index (χ4n) is 6.11. The van der Waals surface area contributed by atoms with Gasteiger partial charge in [-0.1, -0.05) is 54.1 Å². The minimum atomic E-state index is -4.05. The van der Waals surface area contributed by atoms with E-state index in [9.17, 15) is 27.6 Å². The SMILES string of the molecule is Cc1ccc(S(=O)(=O)Oc2ccc(C(=O)COC(=O)c3cccc(N4C(=O)[C@H]5CC[C@@H](c6ccccc6)C[C@@H]5C4=O)c3)cc2)cc1. The molecule has 234 valence electrons. The van der Waals surface area contributed by atoms with Crippen molar-refractivity contribution in [3.05, 3.63) is 125 Å².